The van der Waals surface area contributed by atoms with E-state index in [1.54, 1.807) is 0 Å². The monoisotopic (exact) mass is 283 g/mol. The molecule has 1 fully saturated rings. The molecule has 1 saturated heterocycles. The second-order valence-corrected chi connectivity index (χ2v) is 5.36. The Morgan fingerprint density at radius 3 is 2.95 bits per heavy atom. The fraction of sp³-hybridized carbons (Fsp3) is 0.600. The van der Waals surface area contributed by atoms with Crippen LogP contribution in [0.3, 0.4) is 0 Å². The van der Waals surface area contributed by atoms with Gasteiger partial charge in [-0.15, -0.1) is 0 Å². The highest BCUT2D eigenvalue weighted by atomic mass is 35.5. The Labute approximate surface area is 120 Å². The van der Waals surface area contributed by atoms with Crippen molar-refractivity contribution in [1.29, 1.82) is 0 Å². The van der Waals surface area contributed by atoms with Crippen LogP contribution in [0.1, 0.15) is 32.3 Å². The summed E-state index contributed by atoms with van der Waals surface area (Å²) in [4.78, 5) is 0. The maximum absolute atomic E-state index is 6.23. The molecule has 2 atom stereocenters. The molecule has 4 heteroatoms. The first kappa shape index (κ1) is 14.6. The Morgan fingerprint density at radius 2 is 2.26 bits per heavy atom. The molecule has 3 nitrogen and oxygen atoms in total. The maximum atomic E-state index is 6.23. The second kappa shape index (κ2) is 7.13. The summed E-state index contributed by atoms with van der Waals surface area (Å²) in [6.45, 7) is 6.42. The van der Waals surface area contributed by atoms with Gasteiger partial charge in [0.15, 0.2) is 0 Å². The predicted octanol–water partition coefficient (Wildman–Crippen LogP) is 3.40. The van der Waals surface area contributed by atoms with E-state index in [2.05, 4.69) is 19.2 Å². The molecule has 0 spiro atoms. The van der Waals surface area contributed by atoms with Crippen molar-refractivity contribution in [2.75, 3.05) is 13.2 Å². The third kappa shape index (κ3) is 4.10. The van der Waals surface area contributed by atoms with E-state index >= 15 is 0 Å². The first-order valence-electron chi connectivity index (χ1n) is 6.97. The Bertz CT molecular complexity index is 411. The van der Waals surface area contributed by atoms with Crippen LogP contribution in [0.25, 0.3) is 0 Å². The summed E-state index contributed by atoms with van der Waals surface area (Å²) in [6.07, 6.45) is 2.76. The molecule has 2 unspecified atom stereocenters. The molecule has 0 aromatic heterocycles. The average molecular weight is 284 g/mol. The Kier molecular flexibility index (Phi) is 5.49. The van der Waals surface area contributed by atoms with E-state index in [9.17, 15) is 0 Å². The molecule has 0 radical (unpaired) electrons. The lowest BCUT2D eigenvalue weighted by Gasteiger charge is -2.16. The molecule has 1 aromatic rings. The smallest absolute Gasteiger partial charge is 0.125 e. The van der Waals surface area contributed by atoms with Gasteiger partial charge in [0.1, 0.15) is 12.4 Å². The zero-order chi connectivity index (χ0) is 13.7. The van der Waals surface area contributed by atoms with Crippen LogP contribution in [0, 0.1) is 0 Å². The molecule has 1 aliphatic heterocycles. The van der Waals surface area contributed by atoms with E-state index in [1.165, 1.54) is 0 Å². The standard InChI is InChI=1S/C15H22ClNO2/c1-3-17-9-13-14(16)5-4-6-15(13)18-10-12-8-7-11(2)19-12/h4-6,11-12,17H,3,7-10H2,1-2H3. The first-order valence-corrected chi connectivity index (χ1v) is 7.35. The molecular weight excluding hydrogens is 262 g/mol. The molecule has 0 amide bonds. The Balaban J connectivity index is 1.96. The summed E-state index contributed by atoms with van der Waals surface area (Å²) >= 11 is 6.23. The van der Waals surface area contributed by atoms with Gasteiger partial charge in [-0.25, -0.2) is 0 Å². The third-order valence-corrected chi connectivity index (χ3v) is 3.73. The molecule has 1 aliphatic rings. The highest BCUT2D eigenvalue weighted by Gasteiger charge is 2.22. The predicted molar refractivity (Wildman–Crippen MR) is 77.9 cm³/mol. The number of halogens is 1. The molecule has 0 bridgehead atoms. The highest BCUT2D eigenvalue weighted by Crippen LogP contribution is 2.27. The van der Waals surface area contributed by atoms with Crippen molar-refractivity contribution in [1.82, 2.24) is 5.32 Å². The van der Waals surface area contributed by atoms with Crippen LogP contribution in [-0.2, 0) is 11.3 Å². The zero-order valence-electron chi connectivity index (χ0n) is 11.6. The van der Waals surface area contributed by atoms with E-state index in [-0.39, 0.29) is 6.10 Å². The second-order valence-electron chi connectivity index (χ2n) is 4.95. The minimum atomic E-state index is 0.209. The van der Waals surface area contributed by atoms with Gasteiger partial charge < -0.3 is 14.8 Å². The quantitative estimate of drug-likeness (QED) is 0.868. The number of nitrogens with one attached hydrogen (secondary N) is 1. The summed E-state index contributed by atoms with van der Waals surface area (Å²) in [7, 11) is 0. The van der Waals surface area contributed by atoms with Crippen molar-refractivity contribution in [2.24, 2.45) is 0 Å². The van der Waals surface area contributed by atoms with Crippen LogP contribution in [0.2, 0.25) is 5.02 Å². The van der Waals surface area contributed by atoms with E-state index in [1.807, 2.05) is 18.2 Å². The lowest BCUT2D eigenvalue weighted by molar-refractivity contribution is 0.0262. The number of rotatable bonds is 6. The molecule has 1 aromatic carbocycles. The van der Waals surface area contributed by atoms with Gasteiger partial charge in [-0.05, 0) is 38.4 Å². The van der Waals surface area contributed by atoms with Gasteiger partial charge in [0, 0.05) is 17.1 Å². The van der Waals surface area contributed by atoms with Gasteiger partial charge in [-0.1, -0.05) is 24.6 Å². The summed E-state index contributed by atoms with van der Waals surface area (Å²) in [5.74, 6) is 0.858. The van der Waals surface area contributed by atoms with E-state index in [4.69, 9.17) is 21.1 Å². The molecule has 1 N–H and O–H groups in total. The molecule has 0 aliphatic carbocycles. The SMILES string of the molecule is CCNCc1c(Cl)cccc1OCC1CCC(C)O1. The molecule has 19 heavy (non-hydrogen) atoms. The lowest BCUT2D eigenvalue weighted by atomic mass is 10.2. The largest absolute Gasteiger partial charge is 0.490 e. The van der Waals surface area contributed by atoms with Gasteiger partial charge in [0.25, 0.3) is 0 Å². The van der Waals surface area contributed by atoms with Crippen LogP contribution < -0.4 is 10.1 Å². The van der Waals surface area contributed by atoms with Crippen molar-refractivity contribution in [3.63, 3.8) is 0 Å². The third-order valence-electron chi connectivity index (χ3n) is 3.37. The summed E-state index contributed by atoms with van der Waals surface area (Å²) in [5.41, 5.74) is 1.03. The van der Waals surface area contributed by atoms with Crippen molar-refractivity contribution in [3.05, 3.63) is 28.8 Å². The van der Waals surface area contributed by atoms with Crippen LogP contribution in [-0.4, -0.2) is 25.4 Å². The van der Waals surface area contributed by atoms with Gasteiger partial charge >= 0.3 is 0 Å². The first-order chi connectivity index (χ1) is 9.20. The molecular formula is C15H22ClNO2. The number of hydrogen-bond donors (Lipinski definition) is 1. The van der Waals surface area contributed by atoms with E-state index in [0.29, 0.717) is 12.7 Å². The summed E-state index contributed by atoms with van der Waals surface area (Å²) in [5, 5.41) is 4.03. The molecule has 0 saturated carbocycles. The normalized spacial score (nSPS) is 22.7. The Hall–Kier alpha value is -0.770. The summed E-state index contributed by atoms with van der Waals surface area (Å²) in [6, 6.07) is 5.79. The minimum Gasteiger partial charge on any atom is -0.490 e. The minimum absolute atomic E-state index is 0.209. The number of benzene rings is 1. The van der Waals surface area contributed by atoms with Crippen molar-refractivity contribution >= 4 is 11.6 Å². The molecule has 106 valence electrons. The van der Waals surface area contributed by atoms with Gasteiger partial charge in [0.05, 0.1) is 12.2 Å². The molecule has 2 rings (SSSR count). The van der Waals surface area contributed by atoms with E-state index < -0.39 is 0 Å². The average Bonchev–Trinajstić information content (AvgIpc) is 2.81. The van der Waals surface area contributed by atoms with Crippen molar-refractivity contribution < 1.29 is 9.47 Å². The fourth-order valence-corrected chi connectivity index (χ4v) is 2.52. The number of ether oxygens (including phenoxy) is 2. The van der Waals surface area contributed by atoms with Gasteiger partial charge in [-0.3, -0.25) is 0 Å². The van der Waals surface area contributed by atoms with Crippen molar-refractivity contribution in [2.45, 2.75) is 45.4 Å². The van der Waals surface area contributed by atoms with Gasteiger partial charge in [-0.2, -0.15) is 0 Å². The van der Waals surface area contributed by atoms with Crippen LogP contribution in [0.5, 0.6) is 5.75 Å². The fourth-order valence-electron chi connectivity index (χ4n) is 2.29. The lowest BCUT2D eigenvalue weighted by Crippen LogP contribution is -2.19. The van der Waals surface area contributed by atoms with Crippen molar-refractivity contribution in [3.8, 4) is 5.75 Å². The Morgan fingerprint density at radius 1 is 1.42 bits per heavy atom. The molecule has 1 heterocycles. The topological polar surface area (TPSA) is 30.5 Å². The van der Waals surface area contributed by atoms with Gasteiger partial charge in [0.2, 0.25) is 0 Å². The maximum Gasteiger partial charge on any atom is 0.125 e. The van der Waals surface area contributed by atoms with Crippen LogP contribution in [0.15, 0.2) is 18.2 Å². The van der Waals surface area contributed by atoms with Crippen LogP contribution >= 0.6 is 11.6 Å². The number of hydrogen-bond acceptors (Lipinski definition) is 3. The van der Waals surface area contributed by atoms with Crippen LogP contribution in [0.4, 0.5) is 0 Å². The summed E-state index contributed by atoms with van der Waals surface area (Å²) < 4.78 is 11.7. The van der Waals surface area contributed by atoms with E-state index in [0.717, 1.165) is 42.3 Å². The zero-order valence-corrected chi connectivity index (χ0v) is 12.4. The highest BCUT2D eigenvalue weighted by molar-refractivity contribution is 6.31.